The van der Waals surface area contributed by atoms with Crippen LogP contribution in [0.4, 0.5) is 9.59 Å². The molecule has 0 radical (unpaired) electrons. The third-order valence-corrected chi connectivity index (χ3v) is 5.87. The van der Waals surface area contributed by atoms with Gasteiger partial charge in [0, 0.05) is 25.2 Å². The number of methoxy groups -OCH3 is 1. The predicted molar refractivity (Wildman–Crippen MR) is 104 cm³/mol. The van der Waals surface area contributed by atoms with Gasteiger partial charge in [-0.05, 0) is 0 Å². The molecule has 0 bridgehead atoms. The number of carbonyl (C=O) groups excluding carboxylic acids is 3. The van der Waals surface area contributed by atoms with Crippen LogP contribution in [0.15, 0.2) is 60.7 Å². The summed E-state index contributed by atoms with van der Waals surface area (Å²) in [6.07, 6.45) is 0. The molecule has 0 saturated carbocycles. The first-order valence-corrected chi connectivity index (χ1v) is 9.20. The first-order valence-electron chi connectivity index (χ1n) is 9.20. The summed E-state index contributed by atoms with van der Waals surface area (Å²) in [5.74, 6) is -0.574. The highest BCUT2D eigenvalue weighted by Crippen LogP contribution is 2.56. The number of esters is 1. The molecule has 0 aliphatic carbocycles. The van der Waals surface area contributed by atoms with E-state index in [1.54, 1.807) is 14.1 Å². The van der Waals surface area contributed by atoms with Crippen molar-refractivity contribution in [3.8, 4) is 0 Å². The Kier molecular flexibility index (Phi) is 4.22. The van der Waals surface area contributed by atoms with Crippen LogP contribution in [-0.4, -0.2) is 60.5 Å². The molecule has 2 aliphatic heterocycles. The van der Waals surface area contributed by atoms with Gasteiger partial charge in [-0.3, -0.25) is 19.5 Å². The number of fused-ring (bicyclic) bond motifs is 1. The summed E-state index contributed by atoms with van der Waals surface area (Å²) in [7, 11) is 4.56. The number of rotatable bonds is 4. The van der Waals surface area contributed by atoms with E-state index in [9.17, 15) is 14.4 Å². The van der Waals surface area contributed by atoms with Gasteiger partial charge in [-0.15, -0.1) is 0 Å². The van der Waals surface area contributed by atoms with E-state index in [2.05, 4.69) is 5.32 Å². The molecule has 29 heavy (non-hydrogen) atoms. The molecule has 150 valence electrons. The van der Waals surface area contributed by atoms with Crippen LogP contribution in [0.2, 0.25) is 0 Å². The van der Waals surface area contributed by atoms with Crippen molar-refractivity contribution in [2.45, 2.75) is 11.3 Å². The van der Waals surface area contributed by atoms with Crippen molar-refractivity contribution in [2.24, 2.45) is 0 Å². The summed E-state index contributed by atoms with van der Waals surface area (Å²) in [6.45, 7) is -0.308. The number of hydrogen-bond donors (Lipinski definition) is 1. The van der Waals surface area contributed by atoms with Gasteiger partial charge in [0.15, 0.2) is 11.3 Å². The molecule has 8 heteroatoms. The fraction of sp³-hybridized carbons (Fsp3) is 0.286. The van der Waals surface area contributed by atoms with Gasteiger partial charge in [0.05, 0.1) is 7.11 Å². The van der Waals surface area contributed by atoms with Crippen LogP contribution in [-0.2, 0) is 20.9 Å². The van der Waals surface area contributed by atoms with Gasteiger partial charge in [-0.2, -0.15) is 0 Å². The molecule has 1 N–H and O–H groups in total. The summed E-state index contributed by atoms with van der Waals surface area (Å²) < 4.78 is 4.84. The van der Waals surface area contributed by atoms with Crippen molar-refractivity contribution < 1.29 is 19.1 Å². The average Bonchev–Trinajstić information content (AvgIpc) is 3.11. The largest absolute Gasteiger partial charge is 0.468 e. The Labute approximate surface area is 168 Å². The lowest BCUT2D eigenvalue weighted by Gasteiger charge is -2.46. The highest BCUT2D eigenvalue weighted by Gasteiger charge is 2.75. The van der Waals surface area contributed by atoms with E-state index >= 15 is 0 Å². The Morgan fingerprint density at radius 1 is 0.931 bits per heavy atom. The second-order valence-corrected chi connectivity index (χ2v) is 7.11. The van der Waals surface area contributed by atoms with Crippen molar-refractivity contribution in [1.82, 2.24) is 20.0 Å². The quantitative estimate of drug-likeness (QED) is 0.803. The number of carbonyl (C=O) groups is 3. The Hall–Kier alpha value is -3.55. The van der Waals surface area contributed by atoms with Crippen molar-refractivity contribution in [3.05, 3.63) is 71.8 Å². The van der Waals surface area contributed by atoms with E-state index in [0.29, 0.717) is 5.56 Å². The van der Waals surface area contributed by atoms with Gasteiger partial charge in [-0.1, -0.05) is 60.7 Å². The lowest BCUT2D eigenvalue weighted by Crippen LogP contribution is -2.62. The molecule has 2 atom stereocenters. The maximum Gasteiger partial charge on any atom is 0.325 e. The van der Waals surface area contributed by atoms with Gasteiger partial charge >= 0.3 is 18.0 Å². The lowest BCUT2D eigenvalue weighted by molar-refractivity contribution is -0.144. The monoisotopic (exact) mass is 394 g/mol. The summed E-state index contributed by atoms with van der Waals surface area (Å²) in [4.78, 5) is 43.1. The van der Waals surface area contributed by atoms with Crippen LogP contribution < -0.4 is 5.32 Å². The molecule has 4 rings (SSSR count). The molecule has 2 aromatic carbocycles. The van der Waals surface area contributed by atoms with Crippen molar-refractivity contribution in [3.63, 3.8) is 0 Å². The second-order valence-electron chi connectivity index (χ2n) is 7.11. The third kappa shape index (κ3) is 2.22. The number of nitrogens with zero attached hydrogens (tertiary/aromatic N) is 3. The molecule has 2 aliphatic rings. The number of amides is 4. The van der Waals surface area contributed by atoms with Crippen LogP contribution in [0.1, 0.15) is 11.1 Å². The minimum absolute atomic E-state index is 0.285. The van der Waals surface area contributed by atoms with Crippen LogP contribution in [0.3, 0.4) is 0 Å². The number of likely N-dealkylation sites (N-methyl/N-ethyl adjacent to an activating group) is 2. The van der Waals surface area contributed by atoms with E-state index in [1.165, 1.54) is 21.8 Å². The Morgan fingerprint density at radius 3 is 2.03 bits per heavy atom. The molecular weight excluding hydrogens is 372 g/mol. The second kappa shape index (κ2) is 6.51. The first kappa shape index (κ1) is 18.8. The molecule has 2 saturated heterocycles. The molecule has 0 spiro atoms. The highest BCUT2D eigenvalue weighted by molar-refractivity contribution is 5.91. The highest BCUT2D eigenvalue weighted by atomic mass is 16.5. The fourth-order valence-corrected chi connectivity index (χ4v) is 4.66. The van der Waals surface area contributed by atoms with Gasteiger partial charge in [0.2, 0.25) is 0 Å². The number of benzene rings is 2. The summed E-state index contributed by atoms with van der Waals surface area (Å²) in [5.41, 5.74) is -1.12. The topological polar surface area (TPSA) is 82.2 Å². The maximum atomic E-state index is 13.2. The van der Waals surface area contributed by atoms with E-state index in [4.69, 9.17) is 4.74 Å². The Morgan fingerprint density at radius 2 is 1.48 bits per heavy atom. The summed E-state index contributed by atoms with van der Waals surface area (Å²) in [6, 6.07) is 17.8. The van der Waals surface area contributed by atoms with E-state index in [-0.39, 0.29) is 12.6 Å². The summed E-state index contributed by atoms with van der Waals surface area (Å²) in [5, 5.41) is 3.02. The first-order chi connectivity index (χ1) is 13.9. The number of nitrogens with one attached hydrogen (secondary N) is 1. The third-order valence-electron chi connectivity index (χ3n) is 5.87. The SMILES string of the molecule is COC(=O)CN1C(=O)NC2(c3ccccc3)N(C)C(=O)N(C)C12c1ccccc1. The van der Waals surface area contributed by atoms with E-state index in [1.807, 2.05) is 60.7 Å². The van der Waals surface area contributed by atoms with Crippen molar-refractivity contribution in [1.29, 1.82) is 0 Å². The molecule has 4 amide bonds. The van der Waals surface area contributed by atoms with Gasteiger partial charge < -0.3 is 10.1 Å². The smallest absolute Gasteiger partial charge is 0.325 e. The number of urea groups is 2. The summed E-state index contributed by atoms with van der Waals surface area (Å²) >= 11 is 0. The van der Waals surface area contributed by atoms with Crippen molar-refractivity contribution >= 4 is 18.0 Å². The Balaban J connectivity index is 2.07. The van der Waals surface area contributed by atoms with Crippen LogP contribution in [0.5, 0.6) is 0 Å². The maximum absolute atomic E-state index is 13.2. The minimum Gasteiger partial charge on any atom is -0.468 e. The predicted octanol–water partition coefficient (Wildman–Crippen LogP) is 1.89. The van der Waals surface area contributed by atoms with Crippen molar-refractivity contribution in [2.75, 3.05) is 27.7 Å². The van der Waals surface area contributed by atoms with Gasteiger partial charge in [-0.25, -0.2) is 9.59 Å². The zero-order valence-electron chi connectivity index (χ0n) is 16.5. The molecule has 2 aromatic rings. The normalized spacial score (nSPS) is 25.8. The van der Waals surface area contributed by atoms with Crippen LogP contribution in [0.25, 0.3) is 0 Å². The minimum atomic E-state index is -1.30. The Bertz CT molecular complexity index is 967. The zero-order chi connectivity index (χ0) is 20.8. The molecule has 2 fully saturated rings. The molecule has 0 aromatic heterocycles. The molecule has 2 unspecified atom stereocenters. The van der Waals surface area contributed by atoms with Crippen LogP contribution >= 0.6 is 0 Å². The number of ether oxygens (including phenoxy) is 1. The van der Waals surface area contributed by atoms with Gasteiger partial charge in [0.25, 0.3) is 0 Å². The van der Waals surface area contributed by atoms with E-state index in [0.717, 1.165) is 5.56 Å². The van der Waals surface area contributed by atoms with Gasteiger partial charge in [0.1, 0.15) is 6.54 Å². The molecule has 8 nitrogen and oxygen atoms in total. The molecular formula is C21H22N4O4. The lowest BCUT2D eigenvalue weighted by atomic mass is 9.80. The van der Waals surface area contributed by atoms with E-state index < -0.39 is 23.3 Å². The number of hydrogen-bond acceptors (Lipinski definition) is 4. The zero-order valence-corrected chi connectivity index (χ0v) is 16.5. The molecule has 2 heterocycles. The standard InChI is InChI=1S/C21H22N4O4/c1-23-19(28)24(2)21(16-12-8-5-9-13-16)20(23,15-10-6-4-7-11-15)22-18(27)25(21)14-17(26)29-3/h4-13H,14H2,1-3H3,(H,22,27). The fourth-order valence-electron chi connectivity index (χ4n) is 4.66. The average molecular weight is 394 g/mol. The van der Waals surface area contributed by atoms with Crippen LogP contribution in [0, 0.1) is 0 Å².